The number of unbranched alkanes of at least 4 members (excludes halogenated alkanes) is 1. The molecule has 0 spiro atoms. The number of hydrogen-bond donors (Lipinski definition) is 2. The summed E-state index contributed by atoms with van der Waals surface area (Å²) >= 11 is 0. The molecule has 0 fully saturated rings. The zero-order valence-corrected chi connectivity index (χ0v) is 9.74. The number of imidazole rings is 1. The van der Waals surface area contributed by atoms with Crippen LogP contribution >= 0.6 is 0 Å². The van der Waals surface area contributed by atoms with Crippen LogP contribution in [0.4, 0.5) is 0 Å². The lowest BCUT2D eigenvalue weighted by molar-refractivity contribution is 0.204. The number of aromatic nitrogens is 2. The first-order chi connectivity index (χ1) is 7.24. The Morgan fingerprint density at radius 3 is 2.80 bits per heavy atom. The number of nitrogens with two attached hydrogens (primary N) is 1. The molecular weight excluding hydrogens is 188 g/mol. The summed E-state index contributed by atoms with van der Waals surface area (Å²) in [6.07, 6.45) is 5.93. The van der Waals surface area contributed by atoms with E-state index in [0.717, 1.165) is 38.3 Å². The second-order valence-corrected chi connectivity index (χ2v) is 4.10. The SMILES string of the molecule is CC(C)N(CCCCN)Cc1ncc[nH]1. The summed E-state index contributed by atoms with van der Waals surface area (Å²) in [5.74, 6) is 1.04. The van der Waals surface area contributed by atoms with Crippen LogP contribution in [0.1, 0.15) is 32.5 Å². The molecule has 0 amide bonds. The fourth-order valence-corrected chi connectivity index (χ4v) is 1.56. The number of nitrogens with one attached hydrogen (secondary N) is 1. The second kappa shape index (κ2) is 6.58. The quantitative estimate of drug-likeness (QED) is 0.668. The highest BCUT2D eigenvalue weighted by molar-refractivity contribution is 4.87. The van der Waals surface area contributed by atoms with E-state index in [1.54, 1.807) is 6.20 Å². The summed E-state index contributed by atoms with van der Waals surface area (Å²) in [4.78, 5) is 9.79. The maximum absolute atomic E-state index is 5.49. The zero-order valence-electron chi connectivity index (χ0n) is 9.74. The van der Waals surface area contributed by atoms with Crippen molar-refractivity contribution in [2.45, 2.75) is 39.3 Å². The van der Waals surface area contributed by atoms with E-state index >= 15 is 0 Å². The van der Waals surface area contributed by atoms with E-state index in [1.165, 1.54) is 0 Å². The maximum Gasteiger partial charge on any atom is 0.120 e. The largest absolute Gasteiger partial charge is 0.348 e. The van der Waals surface area contributed by atoms with Crippen molar-refractivity contribution < 1.29 is 0 Å². The Hall–Kier alpha value is -0.870. The molecule has 0 aromatic carbocycles. The zero-order chi connectivity index (χ0) is 11.1. The molecule has 0 atom stereocenters. The molecule has 86 valence electrons. The molecule has 0 aliphatic rings. The van der Waals surface area contributed by atoms with Crippen LogP contribution in [0.2, 0.25) is 0 Å². The predicted octanol–water partition coefficient (Wildman–Crippen LogP) is 1.36. The number of hydrogen-bond acceptors (Lipinski definition) is 3. The van der Waals surface area contributed by atoms with Gasteiger partial charge in [-0.2, -0.15) is 0 Å². The highest BCUT2D eigenvalue weighted by atomic mass is 15.2. The van der Waals surface area contributed by atoms with Crippen molar-refractivity contribution in [2.75, 3.05) is 13.1 Å². The Bertz CT molecular complexity index is 243. The van der Waals surface area contributed by atoms with Crippen LogP contribution in [-0.4, -0.2) is 34.0 Å². The van der Waals surface area contributed by atoms with Crippen LogP contribution in [0.3, 0.4) is 0 Å². The van der Waals surface area contributed by atoms with Gasteiger partial charge in [0, 0.05) is 18.4 Å². The molecular formula is C11H22N4. The Labute approximate surface area is 91.9 Å². The summed E-state index contributed by atoms with van der Waals surface area (Å²) in [7, 11) is 0. The third-order valence-electron chi connectivity index (χ3n) is 2.54. The number of H-pyrrole nitrogens is 1. The maximum atomic E-state index is 5.49. The minimum absolute atomic E-state index is 0.549. The monoisotopic (exact) mass is 210 g/mol. The molecule has 0 saturated heterocycles. The van der Waals surface area contributed by atoms with Crippen LogP contribution in [0.5, 0.6) is 0 Å². The molecule has 3 N–H and O–H groups in total. The molecule has 4 nitrogen and oxygen atoms in total. The first-order valence-corrected chi connectivity index (χ1v) is 5.66. The molecule has 15 heavy (non-hydrogen) atoms. The smallest absolute Gasteiger partial charge is 0.120 e. The van der Waals surface area contributed by atoms with E-state index in [1.807, 2.05) is 6.20 Å². The highest BCUT2D eigenvalue weighted by Gasteiger charge is 2.10. The van der Waals surface area contributed by atoms with Gasteiger partial charge in [0.1, 0.15) is 5.82 Å². The van der Waals surface area contributed by atoms with Crippen molar-refractivity contribution >= 4 is 0 Å². The fourth-order valence-electron chi connectivity index (χ4n) is 1.56. The lowest BCUT2D eigenvalue weighted by atomic mass is 10.2. The van der Waals surface area contributed by atoms with E-state index < -0.39 is 0 Å². The molecule has 0 unspecified atom stereocenters. The number of nitrogens with zero attached hydrogens (tertiary/aromatic N) is 2. The molecule has 1 heterocycles. The van der Waals surface area contributed by atoms with E-state index in [2.05, 4.69) is 28.7 Å². The molecule has 0 aliphatic carbocycles. The van der Waals surface area contributed by atoms with Gasteiger partial charge >= 0.3 is 0 Å². The summed E-state index contributed by atoms with van der Waals surface area (Å²) in [6, 6.07) is 0.549. The molecule has 1 aromatic rings. The Morgan fingerprint density at radius 1 is 1.47 bits per heavy atom. The van der Waals surface area contributed by atoms with Crippen LogP contribution < -0.4 is 5.73 Å². The van der Waals surface area contributed by atoms with Crippen molar-refractivity contribution in [3.63, 3.8) is 0 Å². The number of aromatic amines is 1. The average molecular weight is 210 g/mol. The molecule has 1 rings (SSSR count). The Kier molecular flexibility index (Phi) is 5.36. The second-order valence-electron chi connectivity index (χ2n) is 4.10. The van der Waals surface area contributed by atoms with Gasteiger partial charge in [-0.15, -0.1) is 0 Å². The first kappa shape index (κ1) is 12.2. The summed E-state index contributed by atoms with van der Waals surface area (Å²) in [5, 5.41) is 0. The lowest BCUT2D eigenvalue weighted by Gasteiger charge is -2.25. The van der Waals surface area contributed by atoms with Gasteiger partial charge < -0.3 is 10.7 Å². The first-order valence-electron chi connectivity index (χ1n) is 5.66. The number of rotatable bonds is 7. The van der Waals surface area contributed by atoms with Crippen molar-refractivity contribution in [3.8, 4) is 0 Å². The van der Waals surface area contributed by atoms with Gasteiger partial charge in [0.15, 0.2) is 0 Å². The van der Waals surface area contributed by atoms with Crippen LogP contribution in [0, 0.1) is 0 Å². The van der Waals surface area contributed by atoms with E-state index in [-0.39, 0.29) is 0 Å². The molecule has 1 aromatic heterocycles. The van der Waals surface area contributed by atoms with E-state index in [4.69, 9.17) is 5.73 Å². The molecule has 0 aliphatic heterocycles. The van der Waals surface area contributed by atoms with Gasteiger partial charge in [0.05, 0.1) is 6.54 Å². The Balaban J connectivity index is 2.37. The molecule has 0 saturated carbocycles. The lowest BCUT2D eigenvalue weighted by Crippen LogP contribution is -2.32. The third kappa shape index (κ3) is 4.44. The molecule has 0 radical (unpaired) electrons. The topological polar surface area (TPSA) is 57.9 Å². The van der Waals surface area contributed by atoms with Crippen molar-refractivity contribution in [2.24, 2.45) is 5.73 Å². The van der Waals surface area contributed by atoms with Crippen LogP contribution in [0.25, 0.3) is 0 Å². The normalized spacial score (nSPS) is 11.5. The van der Waals surface area contributed by atoms with Crippen LogP contribution in [-0.2, 0) is 6.54 Å². The van der Waals surface area contributed by atoms with E-state index in [0.29, 0.717) is 6.04 Å². The van der Waals surface area contributed by atoms with Crippen LogP contribution in [0.15, 0.2) is 12.4 Å². The minimum atomic E-state index is 0.549. The fraction of sp³-hybridized carbons (Fsp3) is 0.727. The standard InChI is InChI=1S/C11H22N4/c1-10(2)15(8-4-3-5-12)9-11-13-6-7-14-11/h6-7,10H,3-5,8-9,12H2,1-2H3,(H,13,14). The van der Waals surface area contributed by atoms with Crippen molar-refractivity contribution in [1.29, 1.82) is 0 Å². The molecule has 0 bridgehead atoms. The van der Waals surface area contributed by atoms with Gasteiger partial charge in [-0.05, 0) is 39.8 Å². The summed E-state index contributed by atoms with van der Waals surface area (Å²) in [6.45, 7) is 7.20. The van der Waals surface area contributed by atoms with Gasteiger partial charge in [0.2, 0.25) is 0 Å². The Morgan fingerprint density at radius 2 is 2.27 bits per heavy atom. The van der Waals surface area contributed by atoms with Gasteiger partial charge in [-0.1, -0.05) is 0 Å². The minimum Gasteiger partial charge on any atom is -0.348 e. The predicted molar refractivity (Wildman–Crippen MR) is 62.4 cm³/mol. The van der Waals surface area contributed by atoms with Crippen molar-refractivity contribution in [3.05, 3.63) is 18.2 Å². The third-order valence-corrected chi connectivity index (χ3v) is 2.54. The highest BCUT2D eigenvalue weighted by Crippen LogP contribution is 2.05. The summed E-state index contributed by atoms with van der Waals surface area (Å²) < 4.78 is 0. The summed E-state index contributed by atoms with van der Waals surface area (Å²) in [5.41, 5.74) is 5.49. The molecule has 4 heteroatoms. The average Bonchev–Trinajstić information content (AvgIpc) is 2.69. The van der Waals surface area contributed by atoms with Crippen molar-refractivity contribution in [1.82, 2.24) is 14.9 Å². The van der Waals surface area contributed by atoms with E-state index in [9.17, 15) is 0 Å². The van der Waals surface area contributed by atoms with Gasteiger partial charge in [-0.25, -0.2) is 4.98 Å². The van der Waals surface area contributed by atoms with Gasteiger partial charge in [-0.3, -0.25) is 4.90 Å². The van der Waals surface area contributed by atoms with Gasteiger partial charge in [0.25, 0.3) is 0 Å².